The van der Waals surface area contributed by atoms with Gasteiger partial charge in [-0.1, -0.05) is 11.6 Å². The van der Waals surface area contributed by atoms with Gasteiger partial charge in [-0.25, -0.2) is 0 Å². The molecular formula is C16H12ClNO3. The molecule has 1 heterocycles. The summed E-state index contributed by atoms with van der Waals surface area (Å²) in [5.41, 5.74) is 1.41. The van der Waals surface area contributed by atoms with Crippen molar-refractivity contribution in [1.82, 2.24) is 0 Å². The number of halogens is 1. The van der Waals surface area contributed by atoms with Crippen LogP contribution in [-0.2, 0) is 0 Å². The molecule has 0 fully saturated rings. The summed E-state index contributed by atoms with van der Waals surface area (Å²) in [6.45, 7) is 0.195. The fourth-order valence-electron chi connectivity index (χ4n) is 1.91. The lowest BCUT2D eigenvalue weighted by atomic mass is 10.1. The Kier molecular flexibility index (Phi) is 3.79. The highest BCUT2D eigenvalue weighted by atomic mass is 35.5. The number of ketones is 1. The number of fused-ring (bicyclic) bond motifs is 1. The van der Waals surface area contributed by atoms with Crippen molar-refractivity contribution < 1.29 is 14.3 Å². The summed E-state index contributed by atoms with van der Waals surface area (Å²) in [6.07, 6.45) is 3.06. The lowest BCUT2D eigenvalue weighted by Gasteiger charge is -2.01. The molecule has 21 heavy (non-hydrogen) atoms. The summed E-state index contributed by atoms with van der Waals surface area (Å²) >= 11 is 5.80. The van der Waals surface area contributed by atoms with E-state index in [-0.39, 0.29) is 12.6 Å². The number of hydrogen-bond acceptors (Lipinski definition) is 4. The number of hydrogen-bond donors (Lipinski definition) is 1. The topological polar surface area (TPSA) is 47.6 Å². The average Bonchev–Trinajstić information content (AvgIpc) is 2.96. The van der Waals surface area contributed by atoms with Crippen molar-refractivity contribution in [2.24, 2.45) is 0 Å². The maximum atomic E-state index is 12.0. The van der Waals surface area contributed by atoms with Crippen LogP contribution in [0.3, 0.4) is 0 Å². The molecule has 0 aromatic heterocycles. The van der Waals surface area contributed by atoms with Gasteiger partial charge in [-0.05, 0) is 42.5 Å². The van der Waals surface area contributed by atoms with E-state index in [9.17, 15) is 4.79 Å². The number of rotatable bonds is 4. The van der Waals surface area contributed by atoms with Crippen LogP contribution < -0.4 is 14.8 Å². The summed E-state index contributed by atoms with van der Waals surface area (Å²) in [4.78, 5) is 12.0. The Morgan fingerprint density at radius 3 is 2.67 bits per heavy atom. The molecule has 0 aliphatic carbocycles. The maximum Gasteiger partial charge on any atom is 0.231 e. The lowest BCUT2D eigenvalue weighted by Crippen LogP contribution is -1.96. The minimum absolute atomic E-state index is 0.116. The molecule has 1 N–H and O–H groups in total. The first-order chi connectivity index (χ1) is 10.2. The number of benzene rings is 2. The van der Waals surface area contributed by atoms with Gasteiger partial charge in [-0.15, -0.1) is 0 Å². The van der Waals surface area contributed by atoms with Gasteiger partial charge in [0.1, 0.15) is 0 Å². The molecule has 1 aliphatic heterocycles. The van der Waals surface area contributed by atoms with E-state index in [2.05, 4.69) is 5.32 Å². The highest BCUT2D eigenvalue weighted by Crippen LogP contribution is 2.32. The van der Waals surface area contributed by atoms with Crippen LogP contribution in [-0.4, -0.2) is 12.6 Å². The minimum Gasteiger partial charge on any atom is -0.454 e. The van der Waals surface area contributed by atoms with Crippen molar-refractivity contribution in [3.63, 3.8) is 0 Å². The highest BCUT2D eigenvalue weighted by Gasteiger charge is 2.14. The van der Waals surface area contributed by atoms with Gasteiger partial charge >= 0.3 is 0 Å². The zero-order valence-electron chi connectivity index (χ0n) is 11.0. The fraction of sp³-hybridized carbons (Fsp3) is 0.0625. The second kappa shape index (κ2) is 5.89. The Morgan fingerprint density at radius 1 is 1.10 bits per heavy atom. The predicted molar refractivity (Wildman–Crippen MR) is 81.1 cm³/mol. The van der Waals surface area contributed by atoms with Gasteiger partial charge in [0, 0.05) is 28.5 Å². The lowest BCUT2D eigenvalue weighted by molar-refractivity contribution is 0.104. The van der Waals surface area contributed by atoms with Crippen molar-refractivity contribution in [2.45, 2.75) is 0 Å². The Morgan fingerprint density at radius 2 is 1.86 bits per heavy atom. The SMILES string of the molecule is O=C(/C=C/Nc1ccc(Cl)cc1)c1ccc2c(c1)OCO2. The van der Waals surface area contributed by atoms with E-state index in [4.69, 9.17) is 21.1 Å². The predicted octanol–water partition coefficient (Wildman–Crippen LogP) is 3.88. The van der Waals surface area contributed by atoms with Gasteiger partial charge in [-0.2, -0.15) is 0 Å². The van der Waals surface area contributed by atoms with E-state index in [1.165, 1.54) is 6.08 Å². The molecule has 0 amide bonds. The summed E-state index contributed by atoms with van der Waals surface area (Å²) in [5.74, 6) is 1.14. The second-order valence-electron chi connectivity index (χ2n) is 4.42. The van der Waals surface area contributed by atoms with Crippen molar-refractivity contribution in [1.29, 1.82) is 0 Å². The molecule has 4 nitrogen and oxygen atoms in total. The Labute approximate surface area is 126 Å². The monoisotopic (exact) mass is 301 g/mol. The molecule has 106 valence electrons. The minimum atomic E-state index is -0.116. The first-order valence-corrected chi connectivity index (χ1v) is 6.73. The molecule has 0 spiro atoms. The average molecular weight is 302 g/mol. The Balaban J connectivity index is 1.65. The largest absolute Gasteiger partial charge is 0.454 e. The quantitative estimate of drug-likeness (QED) is 0.688. The molecule has 0 atom stereocenters. The van der Waals surface area contributed by atoms with Crippen molar-refractivity contribution >= 4 is 23.1 Å². The van der Waals surface area contributed by atoms with E-state index >= 15 is 0 Å². The van der Waals surface area contributed by atoms with E-state index in [1.54, 1.807) is 36.5 Å². The Bertz CT molecular complexity index is 695. The summed E-state index contributed by atoms with van der Waals surface area (Å²) in [7, 11) is 0. The maximum absolute atomic E-state index is 12.0. The normalized spacial score (nSPS) is 12.6. The first-order valence-electron chi connectivity index (χ1n) is 6.35. The molecule has 0 saturated carbocycles. The molecule has 2 aromatic rings. The van der Waals surface area contributed by atoms with Crippen LogP contribution in [0.5, 0.6) is 11.5 Å². The third kappa shape index (κ3) is 3.17. The van der Waals surface area contributed by atoms with Gasteiger partial charge in [-0.3, -0.25) is 4.79 Å². The van der Waals surface area contributed by atoms with E-state index in [0.29, 0.717) is 22.1 Å². The smallest absolute Gasteiger partial charge is 0.231 e. The van der Waals surface area contributed by atoms with Crippen molar-refractivity contribution in [3.8, 4) is 11.5 Å². The third-order valence-corrected chi connectivity index (χ3v) is 3.24. The zero-order chi connectivity index (χ0) is 14.7. The van der Waals surface area contributed by atoms with Gasteiger partial charge in [0.25, 0.3) is 0 Å². The van der Waals surface area contributed by atoms with Crippen LogP contribution in [0.25, 0.3) is 0 Å². The number of carbonyl (C=O) groups is 1. The molecule has 0 saturated heterocycles. The summed E-state index contributed by atoms with van der Waals surface area (Å²) < 4.78 is 10.5. The number of allylic oxidation sites excluding steroid dienone is 1. The van der Waals surface area contributed by atoms with Crippen LogP contribution in [0.2, 0.25) is 5.02 Å². The van der Waals surface area contributed by atoms with E-state index in [1.807, 2.05) is 12.1 Å². The molecule has 2 aromatic carbocycles. The molecule has 3 rings (SSSR count). The summed E-state index contributed by atoms with van der Waals surface area (Å²) in [5, 5.41) is 3.68. The molecule has 0 radical (unpaired) electrons. The number of ether oxygens (including phenoxy) is 2. The molecular weight excluding hydrogens is 290 g/mol. The van der Waals surface area contributed by atoms with Gasteiger partial charge in [0.05, 0.1) is 0 Å². The van der Waals surface area contributed by atoms with Gasteiger partial charge in [0.2, 0.25) is 6.79 Å². The van der Waals surface area contributed by atoms with Gasteiger partial charge in [0.15, 0.2) is 17.3 Å². The van der Waals surface area contributed by atoms with Crippen LogP contribution in [0, 0.1) is 0 Å². The van der Waals surface area contributed by atoms with E-state index < -0.39 is 0 Å². The van der Waals surface area contributed by atoms with Crippen molar-refractivity contribution in [3.05, 3.63) is 65.3 Å². The first kappa shape index (κ1) is 13.5. The number of nitrogens with one attached hydrogen (secondary N) is 1. The molecule has 5 heteroatoms. The molecule has 0 bridgehead atoms. The number of carbonyl (C=O) groups excluding carboxylic acids is 1. The fourth-order valence-corrected chi connectivity index (χ4v) is 2.03. The standard InChI is InChI=1S/C16H12ClNO3/c17-12-2-4-13(5-3-12)18-8-7-14(19)11-1-6-15-16(9-11)21-10-20-15/h1-9,18H,10H2/b8-7+. The highest BCUT2D eigenvalue weighted by molar-refractivity contribution is 6.30. The van der Waals surface area contributed by atoms with E-state index in [0.717, 1.165) is 5.69 Å². The van der Waals surface area contributed by atoms with Gasteiger partial charge < -0.3 is 14.8 Å². The number of anilines is 1. The molecule has 0 unspecified atom stereocenters. The van der Waals surface area contributed by atoms with Crippen LogP contribution >= 0.6 is 11.6 Å². The third-order valence-electron chi connectivity index (χ3n) is 2.99. The summed E-state index contributed by atoms with van der Waals surface area (Å²) in [6, 6.07) is 12.3. The zero-order valence-corrected chi connectivity index (χ0v) is 11.8. The van der Waals surface area contributed by atoms with Crippen molar-refractivity contribution in [2.75, 3.05) is 12.1 Å². The Hall–Kier alpha value is -2.46. The van der Waals surface area contributed by atoms with Crippen LogP contribution in [0.4, 0.5) is 5.69 Å². The van der Waals surface area contributed by atoms with Crippen LogP contribution in [0.1, 0.15) is 10.4 Å². The molecule has 1 aliphatic rings. The van der Waals surface area contributed by atoms with Crippen LogP contribution in [0.15, 0.2) is 54.7 Å². The second-order valence-corrected chi connectivity index (χ2v) is 4.85.